The van der Waals surface area contributed by atoms with Crippen LogP contribution < -0.4 is 0 Å². The molecule has 11 heteroatoms. The van der Waals surface area contributed by atoms with Crippen LogP contribution in [-0.4, -0.2) is 41.2 Å². The number of alkyl halides is 6. The number of nitrogens with zero attached hydrogens (tertiary/aromatic N) is 4. The quantitative estimate of drug-likeness (QED) is 0.0956. The number of aliphatic imine (C=N–C) groups is 2. The van der Waals surface area contributed by atoms with E-state index in [-0.39, 0.29) is 58.5 Å². The number of aryl methyl sites for hydroxylation is 2. The van der Waals surface area contributed by atoms with Gasteiger partial charge in [-0.05, 0) is 101 Å². The van der Waals surface area contributed by atoms with E-state index >= 15 is 0 Å². The Morgan fingerprint density at radius 3 is 1.52 bits per heavy atom. The molecule has 1 aliphatic rings. The van der Waals surface area contributed by atoms with E-state index in [1.807, 2.05) is 13.0 Å². The predicted octanol–water partition coefficient (Wildman–Crippen LogP) is 14.6. The van der Waals surface area contributed by atoms with Crippen molar-refractivity contribution in [1.29, 1.82) is 0 Å². The molecule has 0 radical (unpaired) electrons. The van der Waals surface area contributed by atoms with Gasteiger partial charge in [0.2, 0.25) is 0 Å². The number of hydrogen-bond donors (Lipinski definition) is 0. The molecular weight excluding hydrogens is 770 g/mol. The third-order valence-electron chi connectivity index (χ3n) is 10.7. The van der Waals surface area contributed by atoms with Crippen molar-refractivity contribution >= 4 is 34.6 Å². The van der Waals surface area contributed by atoms with Crippen LogP contribution >= 0.6 is 11.6 Å². The molecule has 0 aliphatic carbocycles. The van der Waals surface area contributed by atoms with Crippen molar-refractivity contribution in [2.75, 3.05) is 19.8 Å². The van der Waals surface area contributed by atoms with Crippen LogP contribution in [0.2, 0.25) is 5.02 Å². The molecular formula is C47H55ClF6N4. The summed E-state index contributed by atoms with van der Waals surface area (Å²) in [5, 5.41) is 0.257. The zero-order valence-corrected chi connectivity index (χ0v) is 35.9. The third-order valence-corrected chi connectivity index (χ3v) is 11.0. The van der Waals surface area contributed by atoms with Gasteiger partial charge in [-0.25, -0.2) is 9.98 Å². The maximum absolute atomic E-state index is 14.4. The fourth-order valence-electron chi connectivity index (χ4n) is 7.65. The van der Waals surface area contributed by atoms with Crippen molar-refractivity contribution in [1.82, 2.24) is 9.80 Å². The van der Waals surface area contributed by atoms with Crippen LogP contribution in [0.5, 0.6) is 0 Å². The second-order valence-corrected chi connectivity index (χ2v) is 16.9. The molecule has 4 aromatic rings. The molecule has 1 aliphatic heterocycles. The summed E-state index contributed by atoms with van der Waals surface area (Å²) in [5.74, 6) is 1.19. The SMILES string of the molecule is CCc1cc(C)c(N=C(c2cc(C(F)(F)F)cc(C(F)(F)F)c2)N2CCCN(C(=Nc3c(C(C)C)cccc3C(C)C)c3c(C(C)C)cccc3C(C)C)C2)c(Cl)c1. The fourth-order valence-corrected chi connectivity index (χ4v) is 7.98. The van der Waals surface area contributed by atoms with Crippen molar-refractivity contribution < 1.29 is 26.3 Å². The topological polar surface area (TPSA) is 31.2 Å². The van der Waals surface area contributed by atoms with Crippen LogP contribution in [0.3, 0.4) is 0 Å². The van der Waals surface area contributed by atoms with Gasteiger partial charge in [0.1, 0.15) is 11.7 Å². The Balaban J connectivity index is 1.83. The van der Waals surface area contributed by atoms with Gasteiger partial charge in [-0.1, -0.05) is 116 Å². The first-order valence-electron chi connectivity index (χ1n) is 20.1. The highest BCUT2D eigenvalue weighted by atomic mass is 35.5. The molecule has 0 atom stereocenters. The summed E-state index contributed by atoms with van der Waals surface area (Å²) in [7, 11) is 0. The number of benzene rings is 4. The lowest BCUT2D eigenvalue weighted by Crippen LogP contribution is -2.50. The van der Waals surface area contributed by atoms with Gasteiger partial charge in [-0.2, -0.15) is 26.3 Å². The Hall–Kier alpha value is -4.31. The van der Waals surface area contributed by atoms with Gasteiger partial charge in [0.15, 0.2) is 0 Å². The highest BCUT2D eigenvalue weighted by molar-refractivity contribution is 6.33. The number of para-hydroxylation sites is 1. The molecule has 4 aromatic carbocycles. The van der Waals surface area contributed by atoms with Crippen LogP contribution in [0.15, 0.2) is 76.7 Å². The van der Waals surface area contributed by atoms with E-state index < -0.39 is 23.5 Å². The molecule has 0 aromatic heterocycles. The van der Waals surface area contributed by atoms with Gasteiger partial charge in [-0.3, -0.25) is 0 Å². The van der Waals surface area contributed by atoms with E-state index in [9.17, 15) is 26.3 Å². The maximum atomic E-state index is 14.4. The van der Waals surface area contributed by atoms with Gasteiger partial charge in [0.25, 0.3) is 0 Å². The molecule has 5 rings (SSSR count). The minimum Gasteiger partial charge on any atom is -0.338 e. The van der Waals surface area contributed by atoms with Crippen molar-refractivity contribution in [2.24, 2.45) is 9.98 Å². The number of rotatable bonds is 9. The zero-order chi connectivity index (χ0) is 42.9. The van der Waals surface area contributed by atoms with E-state index in [0.717, 1.165) is 51.2 Å². The van der Waals surface area contributed by atoms with E-state index in [1.54, 1.807) is 17.9 Å². The van der Waals surface area contributed by atoms with Crippen LogP contribution in [-0.2, 0) is 18.8 Å². The lowest BCUT2D eigenvalue weighted by Gasteiger charge is -2.40. The smallest absolute Gasteiger partial charge is 0.338 e. The number of amidine groups is 2. The van der Waals surface area contributed by atoms with E-state index in [4.69, 9.17) is 21.6 Å². The predicted molar refractivity (Wildman–Crippen MR) is 227 cm³/mol. The average molecular weight is 825 g/mol. The molecule has 0 amide bonds. The highest BCUT2D eigenvalue weighted by Crippen LogP contribution is 2.40. The Bertz CT molecular complexity index is 2060. The molecule has 4 nitrogen and oxygen atoms in total. The summed E-state index contributed by atoms with van der Waals surface area (Å²) >= 11 is 6.80. The van der Waals surface area contributed by atoms with Crippen LogP contribution in [0, 0.1) is 6.92 Å². The lowest BCUT2D eigenvalue weighted by molar-refractivity contribution is -0.143. The molecule has 1 heterocycles. The average Bonchev–Trinajstić information content (AvgIpc) is 3.15. The first-order valence-corrected chi connectivity index (χ1v) is 20.5. The van der Waals surface area contributed by atoms with Crippen molar-refractivity contribution in [3.63, 3.8) is 0 Å². The Labute approximate surface area is 345 Å². The summed E-state index contributed by atoms with van der Waals surface area (Å²) < 4.78 is 86.2. The standard InChI is InChI=1S/C47H55ClF6N4/c1-11-32-21-31(10)42(40(48)22-32)55-44(33-23-34(46(49,50)51)25-35(24-33)47(52,53)54)57-19-14-20-58(26-57)45(41-36(27(2)3)15-12-16-37(41)28(4)5)56-43-38(29(6)7)17-13-18-39(43)30(8)9/h12-13,15-18,21-25,27-30H,11,14,19-20,26H2,1-10H3. The second-order valence-electron chi connectivity index (χ2n) is 16.5. The van der Waals surface area contributed by atoms with E-state index in [0.29, 0.717) is 37.3 Å². The first-order chi connectivity index (χ1) is 27.1. The van der Waals surface area contributed by atoms with Crippen LogP contribution in [0.1, 0.15) is 148 Å². The van der Waals surface area contributed by atoms with E-state index in [2.05, 4.69) is 96.7 Å². The molecule has 58 heavy (non-hydrogen) atoms. The second kappa shape index (κ2) is 17.9. The van der Waals surface area contributed by atoms with Crippen molar-refractivity contribution in [2.45, 2.75) is 118 Å². The molecule has 1 saturated heterocycles. The Kier molecular flexibility index (Phi) is 13.8. The van der Waals surface area contributed by atoms with Crippen LogP contribution in [0.4, 0.5) is 37.7 Å². The highest BCUT2D eigenvalue weighted by Gasteiger charge is 2.38. The summed E-state index contributed by atoms with van der Waals surface area (Å²) in [6.07, 6.45) is -8.89. The van der Waals surface area contributed by atoms with Gasteiger partial charge in [0, 0.05) is 24.2 Å². The lowest BCUT2D eigenvalue weighted by atomic mass is 9.87. The number of halogens is 7. The summed E-state index contributed by atoms with van der Waals surface area (Å²) in [5.41, 5.74) is 4.93. The van der Waals surface area contributed by atoms with Gasteiger partial charge < -0.3 is 9.80 Å². The normalized spacial score (nSPS) is 14.8. The monoisotopic (exact) mass is 824 g/mol. The number of hydrogen-bond acceptors (Lipinski definition) is 2. The minimum atomic E-state index is -5.04. The molecule has 0 N–H and O–H groups in total. The van der Waals surface area contributed by atoms with E-state index in [1.165, 1.54) is 0 Å². The Morgan fingerprint density at radius 2 is 1.09 bits per heavy atom. The maximum Gasteiger partial charge on any atom is 0.416 e. The molecule has 0 bridgehead atoms. The summed E-state index contributed by atoms with van der Waals surface area (Å²) in [6.45, 7) is 21.8. The molecule has 1 fully saturated rings. The summed E-state index contributed by atoms with van der Waals surface area (Å²) in [4.78, 5) is 14.4. The van der Waals surface area contributed by atoms with Gasteiger partial charge >= 0.3 is 12.4 Å². The summed E-state index contributed by atoms with van der Waals surface area (Å²) in [6, 6.07) is 17.8. The van der Waals surface area contributed by atoms with Crippen LogP contribution in [0.25, 0.3) is 0 Å². The molecule has 0 unspecified atom stereocenters. The molecule has 312 valence electrons. The molecule has 0 saturated carbocycles. The van der Waals surface area contributed by atoms with Crippen molar-refractivity contribution in [3.8, 4) is 0 Å². The molecule has 0 spiro atoms. The van der Waals surface area contributed by atoms with Gasteiger partial charge in [-0.15, -0.1) is 0 Å². The zero-order valence-electron chi connectivity index (χ0n) is 35.1. The fraction of sp³-hybridized carbons (Fsp3) is 0.447. The minimum absolute atomic E-state index is 0.0402. The van der Waals surface area contributed by atoms with Gasteiger partial charge in [0.05, 0.1) is 34.2 Å². The third kappa shape index (κ3) is 9.92. The largest absolute Gasteiger partial charge is 0.416 e. The first kappa shape index (κ1) is 44.8. The van der Waals surface area contributed by atoms with Crippen molar-refractivity contribution in [3.05, 3.63) is 127 Å². The Morgan fingerprint density at radius 1 is 0.638 bits per heavy atom.